The van der Waals surface area contributed by atoms with E-state index in [4.69, 9.17) is 0 Å². The molecular weight excluding hydrogens is 332 g/mol. The molecular formula is C20H16N2O4. The fourth-order valence-corrected chi connectivity index (χ4v) is 4.46. The zero-order valence-electron chi connectivity index (χ0n) is 13.8. The predicted molar refractivity (Wildman–Crippen MR) is 97.1 cm³/mol. The first kappa shape index (κ1) is 15.0. The number of non-ortho nitro benzene ring substituents is 1. The van der Waals surface area contributed by atoms with E-state index in [1.165, 1.54) is 10.6 Å². The third-order valence-electron chi connectivity index (χ3n) is 5.62. The van der Waals surface area contributed by atoms with Gasteiger partial charge in [-0.05, 0) is 25.0 Å². The van der Waals surface area contributed by atoms with Crippen LogP contribution in [0.1, 0.15) is 35.8 Å². The van der Waals surface area contributed by atoms with Crippen molar-refractivity contribution >= 4 is 16.5 Å². The summed E-state index contributed by atoms with van der Waals surface area (Å²) in [6.07, 6.45) is 6.08. The van der Waals surface area contributed by atoms with E-state index in [2.05, 4.69) is 12.2 Å². The fraction of sp³-hybridized carbons (Fsp3) is 0.200. The Morgan fingerprint density at radius 2 is 1.50 bits per heavy atom. The zero-order valence-corrected chi connectivity index (χ0v) is 13.8. The van der Waals surface area contributed by atoms with Gasteiger partial charge >= 0.3 is 0 Å². The van der Waals surface area contributed by atoms with E-state index in [9.17, 15) is 20.3 Å². The van der Waals surface area contributed by atoms with Crippen molar-refractivity contribution in [1.82, 2.24) is 4.57 Å². The molecule has 3 aliphatic carbocycles. The maximum atomic E-state index is 11.3. The van der Waals surface area contributed by atoms with Crippen LogP contribution < -0.4 is 0 Å². The van der Waals surface area contributed by atoms with Gasteiger partial charge in [0.15, 0.2) is 0 Å². The number of aromatic nitrogens is 1. The molecule has 2 bridgehead atoms. The van der Waals surface area contributed by atoms with E-state index >= 15 is 0 Å². The highest BCUT2D eigenvalue weighted by Crippen LogP contribution is 2.54. The van der Waals surface area contributed by atoms with Crippen LogP contribution in [0.4, 0.5) is 5.69 Å². The monoisotopic (exact) mass is 348 g/mol. The van der Waals surface area contributed by atoms with Crippen molar-refractivity contribution in [1.29, 1.82) is 0 Å². The summed E-state index contributed by atoms with van der Waals surface area (Å²) in [5.41, 5.74) is 2.10. The number of aromatic hydroxyl groups is 2. The summed E-state index contributed by atoms with van der Waals surface area (Å²) in [6.45, 7) is 0. The zero-order chi connectivity index (χ0) is 18.0. The number of hydrogen-bond acceptors (Lipinski definition) is 4. The highest BCUT2D eigenvalue weighted by Gasteiger charge is 2.38. The summed E-state index contributed by atoms with van der Waals surface area (Å²) in [7, 11) is 0. The molecule has 0 saturated heterocycles. The van der Waals surface area contributed by atoms with Gasteiger partial charge in [-0.25, -0.2) is 0 Å². The molecule has 0 saturated carbocycles. The first-order valence-corrected chi connectivity index (χ1v) is 8.59. The van der Waals surface area contributed by atoms with Crippen molar-refractivity contribution in [2.45, 2.75) is 24.7 Å². The standard InChI is InChI=1S/C20H16N2O4/c23-19-17-11-5-6-12(8-7-11)18(17)20(24)21(19)15-9-10-16(22(25)26)14-4-2-1-3-13(14)15/h1-6,9-12,23-24H,7-8H2/t11-,12+. The molecule has 6 heteroatoms. The maximum Gasteiger partial charge on any atom is 0.277 e. The summed E-state index contributed by atoms with van der Waals surface area (Å²) in [4.78, 5) is 10.9. The molecule has 1 heterocycles. The Morgan fingerprint density at radius 3 is 2.04 bits per heavy atom. The lowest BCUT2D eigenvalue weighted by Crippen LogP contribution is -2.15. The molecule has 2 N–H and O–H groups in total. The molecule has 0 aliphatic heterocycles. The highest BCUT2D eigenvalue weighted by molar-refractivity contribution is 5.97. The smallest absolute Gasteiger partial charge is 0.277 e. The lowest BCUT2D eigenvalue weighted by atomic mass is 9.73. The molecule has 6 rings (SSSR count). The Bertz CT molecular complexity index is 1080. The van der Waals surface area contributed by atoms with Gasteiger partial charge in [0.25, 0.3) is 5.69 Å². The van der Waals surface area contributed by atoms with E-state index < -0.39 is 4.92 Å². The molecule has 0 radical (unpaired) electrons. The molecule has 0 unspecified atom stereocenters. The van der Waals surface area contributed by atoms with Crippen LogP contribution in [0.5, 0.6) is 11.8 Å². The van der Waals surface area contributed by atoms with Crippen LogP contribution in [-0.2, 0) is 0 Å². The first-order valence-electron chi connectivity index (χ1n) is 8.59. The normalized spacial score (nSPS) is 20.5. The average molecular weight is 348 g/mol. The number of benzene rings is 2. The number of fused-ring (bicyclic) bond motifs is 2. The number of nitro benzene ring substituents is 1. The molecule has 26 heavy (non-hydrogen) atoms. The third kappa shape index (κ3) is 1.81. The van der Waals surface area contributed by atoms with Gasteiger partial charge in [0.2, 0.25) is 11.8 Å². The lowest BCUT2D eigenvalue weighted by Gasteiger charge is -2.30. The van der Waals surface area contributed by atoms with Crippen molar-refractivity contribution in [3.8, 4) is 17.4 Å². The summed E-state index contributed by atoms with van der Waals surface area (Å²) in [5, 5.41) is 34.2. The van der Waals surface area contributed by atoms with E-state index in [-0.39, 0.29) is 29.3 Å². The molecule has 0 spiro atoms. The van der Waals surface area contributed by atoms with E-state index in [0.717, 1.165) is 24.0 Å². The SMILES string of the molecule is O=[N+]([O-])c1ccc(-n2c(O)c3c(c2O)[C@H]2C=C[C@@H]3CC2)c2ccccc12. The Hall–Kier alpha value is -3.28. The Kier molecular flexibility index (Phi) is 2.95. The molecule has 130 valence electrons. The van der Waals surface area contributed by atoms with Crippen LogP contribution in [0.25, 0.3) is 16.5 Å². The van der Waals surface area contributed by atoms with Crippen LogP contribution >= 0.6 is 0 Å². The largest absolute Gasteiger partial charge is 0.494 e. The predicted octanol–water partition coefficient (Wildman–Crippen LogP) is 4.48. The molecule has 0 amide bonds. The molecule has 3 aliphatic rings. The number of nitro groups is 1. The Morgan fingerprint density at radius 1 is 0.923 bits per heavy atom. The number of nitrogens with zero attached hydrogens (tertiary/aromatic N) is 2. The highest BCUT2D eigenvalue weighted by atomic mass is 16.6. The van der Waals surface area contributed by atoms with E-state index in [1.54, 1.807) is 30.3 Å². The Labute approximate surface area is 148 Å². The van der Waals surface area contributed by atoms with Gasteiger partial charge in [-0.2, -0.15) is 0 Å². The van der Waals surface area contributed by atoms with Crippen LogP contribution in [0.3, 0.4) is 0 Å². The van der Waals surface area contributed by atoms with Gasteiger partial charge in [0, 0.05) is 34.4 Å². The van der Waals surface area contributed by atoms with Crippen molar-refractivity contribution in [3.63, 3.8) is 0 Å². The number of hydrogen-bond donors (Lipinski definition) is 2. The van der Waals surface area contributed by atoms with Crippen molar-refractivity contribution < 1.29 is 15.1 Å². The van der Waals surface area contributed by atoms with Gasteiger partial charge in [-0.1, -0.05) is 30.4 Å². The summed E-state index contributed by atoms with van der Waals surface area (Å²) in [5.74, 6) is 0.254. The quantitative estimate of drug-likeness (QED) is 0.406. The van der Waals surface area contributed by atoms with E-state index in [0.29, 0.717) is 16.5 Å². The second-order valence-electron chi connectivity index (χ2n) is 6.89. The summed E-state index contributed by atoms with van der Waals surface area (Å²) < 4.78 is 1.43. The summed E-state index contributed by atoms with van der Waals surface area (Å²) >= 11 is 0. The third-order valence-corrected chi connectivity index (χ3v) is 5.62. The van der Waals surface area contributed by atoms with Crippen LogP contribution in [0, 0.1) is 10.1 Å². The Balaban J connectivity index is 1.83. The molecule has 3 aromatic rings. The molecule has 2 aromatic carbocycles. The molecule has 2 atom stereocenters. The number of rotatable bonds is 2. The molecule has 0 fully saturated rings. The molecule has 6 nitrogen and oxygen atoms in total. The average Bonchev–Trinajstić information content (AvgIpc) is 2.95. The topological polar surface area (TPSA) is 88.5 Å². The second-order valence-corrected chi connectivity index (χ2v) is 6.89. The summed E-state index contributed by atoms with van der Waals surface area (Å²) in [6, 6.07) is 9.98. The fourth-order valence-electron chi connectivity index (χ4n) is 4.46. The number of allylic oxidation sites excluding steroid dienone is 2. The van der Waals surface area contributed by atoms with Crippen LogP contribution in [-0.4, -0.2) is 19.7 Å². The van der Waals surface area contributed by atoms with Crippen molar-refractivity contribution in [2.75, 3.05) is 0 Å². The first-order chi connectivity index (χ1) is 12.6. The minimum Gasteiger partial charge on any atom is -0.494 e. The van der Waals surface area contributed by atoms with Gasteiger partial charge in [-0.3, -0.25) is 14.7 Å². The van der Waals surface area contributed by atoms with Gasteiger partial charge < -0.3 is 10.2 Å². The van der Waals surface area contributed by atoms with Crippen LogP contribution in [0.2, 0.25) is 0 Å². The van der Waals surface area contributed by atoms with Gasteiger partial charge in [-0.15, -0.1) is 0 Å². The van der Waals surface area contributed by atoms with Crippen molar-refractivity contribution in [2.24, 2.45) is 0 Å². The molecule has 1 aromatic heterocycles. The lowest BCUT2D eigenvalue weighted by molar-refractivity contribution is -0.383. The second kappa shape index (κ2) is 5.11. The van der Waals surface area contributed by atoms with Gasteiger partial charge in [0.1, 0.15) is 0 Å². The van der Waals surface area contributed by atoms with Gasteiger partial charge in [0.05, 0.1) is 16.0 Å². The minimum absolute atomic E-state index is 0.00184. The van der Waals surface area contributed by atoms with E-state index in [1.807, 2.05) is 0 Å². The maximum absolute atomic E-state index is 11.3. The minimum atomic E-state index is -0.420. The van der Waals surface area contributed by atoms with Crippen molar-refractivity contribution in [3.05, 3.63) is 69.8 Å². The van der Waals surface area contributed by atoms with Crippen LogP contribution in [0.15, 0.2) is 48.6 Å².